The van der Waals surface area contributed by atoms with E-state index in [-0.39, 0.29) is 16.3 Å². The van der Waals surface area contributed by atoms with Crippen molar-refractivity contribution in [1.82, 2.24) is 10.3 Å². The molecule has 0 radical (unpaired) electrons. The summed E-state index contributed by atoms with van der Waals surface area (Å²) in [5.41, 5.74) is 6.19. The van der Waals surface area contributed by atoms with Gasteiger partial charge in [0.05, 0.1) is 22.5 Å². The standard InChI is InChI=1S/C16H19N3O3S/c1-2-13(11-23(21,22)14-6-4-3-5-7-14)19-16(20)15-9-8-12(17)10-18-15/h3-10,13H,2,11,17H2,1H3,(H,19,20). The Morgan fingerprint density at radius 1 is 1.22 bits per heavy atom. The number of sulfone groups is 1. The SMILES string of the molecule is CCC(CS(=O)(=O)c1ccccc1)NC(=O)c1ccc(N)cn1. The van der Waals surface area contributed by atoms with Crippen LogP contribution in [-0.4, -0.2) is 31.1 Å². The largest absolute Gasteiger partial charge is 0.397 e. The van der Waals surface area contributed by atoms with E-state index in [1.807, 2.05) is 6.92 Å². The Morgan fingerprint density at radius 2 is 1.91 bits per heavy atom. The predicted molar refractivity (Wildman–Crippen MR) is 88.7 cm³/mol. The van der Waals surface area contributed by atoms with E-state index in [4.69, 9.17) is 5.73 Å². The number of hydrogen-bond donors (Lipinski definition) is 2. The van der Waals surface area contributed by atoms with Gasteiger partial charge in [0.25, 0.3) is 5.91 Å². The molecule has 0 saturated heterocycles. The summed E-state index contributed by atoms with van der Waals surface area (Å²) in [5, 5.41) is 2.71. The lowest BCUT2D eigenvalue weighted by atomic mass is 10.2. The summed E-state index contributed by atoms with van der Waals surface area (Å²) in [6.45, 7) is 1.82. The van der Waals surface area contributed by atoms with Crippen molar-refractivity contribution in [1.29, 1.82) is 0 Å². The van der Waals surface area contributed by atoms with Gasteiger partial charge in [0.1, 0.15) is 5.69 Å². The Labute approximate surface area is 135 Å². The lowest BCUT2D eigenvalue weighted by molar-refractivity contribution is 0.0935. The molecule has 1 aromatic heterocycles. The average molecular weight is 333 g/mol. The number of anilines is 1. The molecule has 6 nitrogen and oxygen atoms in total. The summed E-state index contributed by atoms with van der Waals surface area (Å²) in [7, 11) is -3.46. The molecule has 0 spiro atoms. The van der Waals surface area contributed by atoms with Crippen molar-refractivity contribution in [2.45, 2.75) is 24.3 Å². The third-order valence-electron chi connectivity index (χ3n) is 3.37. The molecular formula is C16H19N3O3S. The molecule has 2 aromatic rings. The van der Waals surface area contributed by atoms with Crippen LogP contribution in [0, 0.1) is 0 Å². The van der Waals surface area contributed by atoms with Gasteiger partial charge >= 0.3 is 0 Å². The minimum Gasteiger partial charge on any atom is -0.397 e. The maximum absolute atomic E-state index is 12.4. The number of rotatable bonds is 6. The van der Waals surface area contributed by atoms with Gasteiger partial charge in [0.15, 0.2) is 9.84 Å². The Bertz CT molecular complexity index is 759. The van der Waals surface area contributed by atoms with Crippen molar-refractivity contribution in [2.24, 2.45) is 0 Å². The maximum atomic E-state index is 12.4. The molecule has 1 heterocycles. The van der Waals surface area contributed by atoms with E-state index in [0.29, 0.717) is 12.1 Å². The fourth-order valence-electron chi connectivity index (χ4n) is 2.05. The molecule has 1 atom stereocenters. The van der Waals surface area contributed by atoms with Crippen LogP contribution in [0.1, 0.15) is 23.8 Å². The van der Waals surface area contributed by atoms with Gasteiger partial charge < -0.3 is 11.1 Å². The molecule has 0 bridgehead atoms. The highest BCUT2D eigenvalue weighted by molar-refractivity contribution is 7.91. The smallest absolute Gasteiger partial charge is 0.270 e. The van der Waals surface area contributed by atoms with Crippen molar-refractivity contribution in [2.75, 3.05) is 11.5 Å². The molecule has 0 aliphatic rings. The van der Waals surface area contributed by atoms with E-state index in [1.165, 1.54) is 12.3 Å². The van der Waals surface area contributed by atoms with Crippen LogP contribution in [0.5, 0.6) is 0 Å². The fraction of sp³-hybridized carbons (Fsp3) is 0.250. The highest BCUT2D eigenvalue weighted by atomic mass is 32.2. The summed E-state index contributed by atoms with van der Waals surface area (Å²) in [4.78, 5) is 16.3. The summed E-state index contributed by atoms with van der Waals surface area (Å²) >= 11 is 0. The predicted octanol–water partition coefficient (Wildman–Crippen LogP) is 1.65. The molecule has 1 aromatic carbocycles. The summed E-state index contributed by atoms with van der Waals surface area (Å²) < 4.78 is 24.8. The average Bonchev–Trinajstić information content (AvgIpc) is 2.55. The van der Waals surface area contributed by atoms with Gasteiger partial charge in [-0.15, -0.1) is 0 Å². The molecule has 122 valence electrons. The molecular weight excluding hydrogens is 314 g/mol. The second kappa shape index (κ2) is 7.23. The van der Waals surface area contributed by atoms with Crippen LogP contribution in [0.4, 0.5) is 5.69 Å². The van der Waals surface area contributed by atoms with Crippen LogP contribution in [0.3, 0.4) is 0 Å². The number of amides is 1. The highest BCUT2D eigenvalue weighted by Crippen LogP contribution is 2.13. The summed E-state index contributed by atoms with van der Waals surface area (Å²) in [6.07, 6.45) is 1.88. The Kier molecular flexibility index (Phi) is 5.33. The summed E-state index contributed by atoms with van der Waals surface area (Å²) in [6, 6.07) is 10.8. The number of benzene rings is 1. The third kappa shape index (κ3) is 4.53. The van der Waals surface area contributed by atoms with E-state index < -0.39 is 21.8 Å². The molecule has 1 unspecified atom stereocenters. The number of hydrogen-bond acceptors (Lipinski definition) is 5. The number of aromatic nitrogens is 1. The zero-order chi connectivity index (χ0) is 16.9. The molecule has 0 aliphatic heterocycles. The molecule has 1 amide bonds. The van der Waals surface area contributed by atoms with Gasteiger partial charge in [-0.2, -0.15) is 0 Å². The number of carbonyl (C=O) groups excluding carboxylic acids is 1. The second-order valence-electron chi connectivity index (χ2n) is 5.15. The first-order valence-corrected chi connectivity index (χ1v) is 8.88. The zero-order valence-corrected chi connectivity index (χ0v) is 13.6. The van der Waals surface area contributed by atoms with E-state index in [2.05, 4.69) is 10.3 Å². The number of nitrogens with zero attached hydrogens (tertiary/aromatic N) is 1. The van der Waals surface area contributed by atoms with Crippen LogP contribution in [0.25, 0.3) is 0 Å². The van der Waals surface area contributed by atoms with Gasteiger partial charge in [-0.1, -0.05) is 25.1 Å². The van der Waals surface area contributed by atoms with Crippen LogP contribution in [0.15, 0.2) is 53.6 Å². The lowest BCUT2D eigenvalue weighted by Crippen LogP contribution is -2.39. The van der Waals surface area contributed by atoms with Crippen LogP contribution in [0.2, 0.25) is 0 Å². The molecule has 2 rings (SSSR count). The van der Waals surface area contributed by atoms with Crippen molar-refractivity contribution in [3.05, 3.63) is 54.4 Å². The topological polar surface area (TPSA) is 102 Å². The van der Waals surface area contributed by atoms with Gasteiger partial charge in [-0.25, -0.2) is 13.4 Å². The Morgan fingerprint density at radius 3 is 2.48 bits per heavy atom. The van der Waals surface area contributed by atoms with Gasteiger partial charge in [0.2, 0.25) is 0 Å². The molecule has 0 aliphatic carbocycles. The van der Waals surface area contributed by atoms with Crippen molar-refractivity contribution in [3.8, 4) is 0 Å². The van der Waals surface area contributed by atoms with Gasteiger partial charge in [-0.05, 0) is 30.7 Å². The fourth-order valence-corrected chi connectivity index (χ4v) is 3.66. The number of nitrogen functional groups attached to an aromatic ring is 1. The zero-order valence-electron chi connectivity index (χ0n) is 12.8. The van der Waals surface area contributed by atoms with Gasteiger partial charge in [0, 0.05) is 6.04 Å². The lowest BCUT2D eigenvalue weighted by Gasteiger charge is -2.17. The number of pyridine rings is 1. The Hall–Kier alpha value is -2.41. The first-order valence-electron chi connectivity index (χ1n) is 7.22. The first-order chi connectivity index (χ1) is 10.9. The van der Waals surface area contributed by atoms with Gasteiger partial charge in [-0.3, -0.25) is 4.79 Å². The maximum Gasteiger partial charge on any atom is 0.270 e. The summed E-state index contributed by atoms with van der Waals surface area (Å²) in [5.74, 6) is -0.575. The van der Waals surface area contributed by atoms with E-state index >= 15 is 0 Å². The Balaban J connectivity index is 2.08. The van der Waals surface area contributed by atoms with Crippen LogP contribution < -0.4 is 11.1 Å². The van der Waals surface area contributed by atoms with Crippen molar-refractivity contribution < 1.29 is 13.2 Å². The number of nitrogens with two attached hydrogens (primary N) is 1. The minimum absolute atomic E-state index is 0.159. The second-order valence-corrected chi connectivity index (χ2v) is 7.18. The third-order valence-corrected chi connectivity index (χ3v) is 5.20. The van der Waals surface area contributed by atoms with Crippen molar-refractivity contribution in [3.63, 3.8) is 0 Å². The molecule has 0 saturated carbocycles. The van der Waals surface area contributed by atoms with Crippen LogP contribution >= 0.6 is 0 Å². The minimum atomic E-state index is -3.46. The quantitative estimate of drug-likeness (QED) is 0.837. The monoisotopic (exact) mass is 333 g/mol. The normalized spacial score (nSPS) is 12.6. The van der Waals surface area contributed by atoms with Crippen LogP contribution in [-0.2, 0) is 9.84 Å². The first kappa shape index (κ1) is 17.0. The number of nitrogens with one attached hydrogen (secondary N) is 1. The molecule has 7 heteroatoms. The number of carbonyl (C=O) groups is 1. The van der Waals surface area contributed by atoms with E-state index in [1.54, 1.807) is 36.4 Å². The van der Waals surface area contributed by atoms with E-state index in [0.717, 1.165) is 0 Å². The highest BCUT2D eigenvalue weighted by Gasteiger charge is 2.22. The van der Waals surface area contributed by atoms with Crippen molar-refractivity contribution >= 4 is 21.4 Å². The molecule has 0 fully saturated rings. The van der Waals surface area contributed by atoms with E-state index in [9.17, 15) is 13.2 Å². The molecule has 3 N–H and O–H groups in total. The molecule has 23 heavy (non-hydrogen) atoms.